The Morgan fingerprint density at radius 2 is 1.67 bits per heavy atom. The molecule has 7 nitrogen and oxygen atoms in total. The summed E-state index contributed by atoms with van der Waals surface area (Å²) < 4.78 is 11.4. The Bertz CT molecular complexity index is 1280. The average Bonchev–Trinajstić information content (AvgIpc) is 3.42. The molecule has 0 atom stereocenters. The fourth-order valence-corrected chi connectivity index (χ4v) is 4.67. The second-order valence-electron chi connectivity index (χ2n) is 8.98. The lowest BCUT2D eigenvalue weighted by molar-refractivity contribution is 0.199. The highest BCUT2D eigenvalue weighted by atomic mass is 16.5. The van der Waals surface area contributed by atoms with Crippen LogP contribution in [-0.4, -0.2) is 66.6 Å². The number of hydrogen-bond donors (Lipinski definition) is 2. The summed E-state index contributed by atoms with van der Waals surface area (Å²) in [4.78, 5) is 4.85. The van der Waals surface area contributed by atoms with Crippen LogP contribution in [0.1, 0.15) is 5.56 Å². The van der Waals surface area contributed by atoms with E-state index in [1.54, 1.807) is 13.3 Å². The molecule has 1 fully saturated rings. The first-order chi connectivity index (χ1) is 17.6. The molecular weight excluding hydrogens is 452 g/mol. The summed E-state index contributed by atoms with van der Waals surface area (Å²) in [5, 5.41) is 18.3. The Hall–Kier alpha value is -3.97. The van der Waals surface area contributed by atoms with Gasteiger partial charge in [0.05, 0.1) is 19.0 Å². The van der Waals surface area contributed by atoms with Crippen LogP contribution in [0.25, 0.3) is 22.4 Å². The van der Waals surface area contributed by atoms with Gasteiger partial charge in [0.2, 0.25) is 0 Å². The standard InChI is InChI=1S/C29H32N4O3/c1-21-27(36-19-18-32-14-16-33(17-15-32)23-6-4-3-5-7-23)13-12-25(29(21)34)28-26(20-30-31-28)22-8-10-24(35-2)11-9-22/h3-13,20,34H,14-19H2,1-2H3,(H,30,31). The van der Waals surface area contributed by atoms with Crippen LogP contribution in [0.15, 0.2) is 72.9 Å². The molecule has 0 saturated carbocycles. The van der Waals surface area contributed by atoms with E-state index in [4.69, 9.17) is 9.47 Å². The second kappa shape index (κ2) is 10.7. The van der Waals surface area contributed by atoms with Crippen LogP contribution in [0, 0.1) is 6.92 Å². The smallest absolute Gasteiger partial charge is 0.131 e. The molecule has 186 valence electrons. The molecular formula is C29H32N4O3. The van der Waals surface area contributed by atoms with Crippen molar-refractivity contribution in [2.45, 2.75) is 6.92 Å². The number of piperazine rings is 1. The molecule has 1 aliphatic heterocycles. The van der Waals surface area contributed by atoms with Gasteiger partial charge in [-0.25, -0.2) is 0 Å². The minimum absolute atomic E-state index is 0.197. The molecule has 0 spiro atoms. The van der Waals surface area contributed by atoms with Gasteiger partial charge in [0.15, 0.2) is 0 Å². The third kappa shape index (κ3) is 5.02. The van der Waals surface area contributed by atoms with Crippen LogP contribution in [-0.2, 0) is 0 Å². The predicted molar refractivity (Wildman–Crippen MR) is 143 cm³/mol. The fourth-order valence-electron chi connectivity index (χ4n) is 4.67. The van der Waals surface area contributed by atoms with Crippen molar-refractivity contribution in [1.82, 2.24) is 15.1 Å². The van der Waals surface area contributed by atoms with Crippen LogP contribution in [0.4, 0.5) is 5.69 Å². The molecule has 36 heavy (non-hydrogen) atoms. The minimum atomic E-state index is 0.197. The van der Waals surface area contributed by atoms with Crippen molar-refractivity contribution in [3.8, 4) is 39.6 Å². The zero-order valence-corrected chi connectivity index (χ0v) is 20.8. The topological polar surface area (TPSA) is 73.9 Å². The van der Waals surface area contributed by atoms with Gasteiger partial charge < -0.3 is 19.5 Å². The number of para-hydroxylation sites is 1. The van der Waals surface area contributed by atoms with Gasteiger partial charge in [-0.1, -0.05) is 30.3 Å². The maximum absolute atomic E-state index is 11.0. The Labute approximate surface area is 211 Å². The van der Waals surface area contributed by atoms with Crippen molar-refractivity contribution < 1.29 is 14.6 Å². The number of ether oxygens (including phenoxy) is 2. The van der Waals surface area contributed by atoms with E-state index < -0.39 is 0 Å². The monoisotopic (exact) mass is 484 g/mol. The average molecular weight is 485 g/mol. The fraction of sp³-hybridized carbons (Fsp3) is 0.276. The number of phenolic OH excluding ortho intramolecular Hbond substituents is 1. The number of benzene rings is 3. The molecule has 0 amide bonds. The number of H-pyrrole nitrogens is 1. The van der Waals surface area contributed by atoms with Crippen LogP contribution in [0.3, 0.4) is 0 Å². The van der Waals surface area contributed by atoms with Gasteiger partial charge in [0, 0.05) is 55.1 Å². The van der Waals surface area contributed by atoms with Crippen molar-refractivity contribution in [1.29, 1.82) is 0 Å². The van der Waals surface area contributed by atoms with E-state index in [2.05, 4.69) is 50.3 Å². The Morgan fingerprint density at radius 3 is 2.39 bits per heavy atom. The third-order valence-corrected chi connectivity index (χ3v) is 6.85. The summed E-state index contributed by atoms with van der Waals surface area (Å²) in [5.41, 5.74) is 5.37. The normalized spacial score (nSPS) is 14.1. The van der Waals surface area contributed by atoms with E-state index in [-0.39, 0.29) is 5.75 Å². The van der Waals surface area contributed by atoms with Crippen LogP contribution in [0.5, 0.6) is 17.2 Å². The summed E-state index contributed by atoms with van der Waals surface area (Å²) in [6.07, 6.45) is 1.77. The Kier molecular flexibility index (Phi) is 7.09. The molecule has 1 aliphatic rings. The Morgan fingerprint density at radius 1 is 0.917 bits per heavy atom. The number of nitrogens with one attached hydrogen (secondary N) is 1. The van der Waals surface area contributed by atoms with E-state index in [1.165, 1.54) is 5.69 Å². The number of phenols is 1. The summed E-state index contributed by atoms with van der Waals surface area (Å²) in [6, 6.07) is 22.2. The molecule has 4 aromatic rings. The van der Waals surface area contributed by atoms with E-state index in [9.17, 15) is 5.11 Å². The van der Waals surface area contributed by atoms with E-state index in [0.717, 1.165) is 60.9 Å². The van der Waals surface area contributed by atoms with Crippen molar-refractivity contribution >= 4 is 5.69 Å². The molecule has 5 rings (SSSR count). The van der Waals surface area contributed by atoms with Crippen LogP contribution >= 0.6 is 0 Å². The van der Waals surface area contributed by atoms with Crippen LogP contribution < -0.4 is 14.4 Å². The highest BCUT2D eigenvalue weighted by molar-refractivity contribution is 5.84. The number of nitrogens with zero attached hydrogens (tertiary/aromatic N) is 3. The summed E-state index contributed by atoms with van der Waals surface area (Å²) in [5.74, 6) is 1.69. The number of hydrogen-bond acceptors (Lipinski definition) is 6. The number of anilines is 1. The zero-order chi connectivity index (χ0) is 24.9. The van der Waals surface area contributed by atoms with E-state index in [0.29, 0.717) is 17.9 Å². The first-order valence-corrected chi connectivity index (χ1v) is 12.3. The lowest BCUT2D eigenvalue weighted by Crippen LogP contribution is -2.47. The van der Waals surface area contributed by atoms with Crippen molar-refractivity contribution in [3.63, 3.8) is 0 Å². The SMILES string of the molecule is COc1ccc(-c2cn[nH]c2-c2ccc(OCCN3CCN(c4ccccc4)CC3)c(C)c2O)cc1. The molecule has 0 aliphatic carbocycles. The molecule has 1 aromatic heterocycles. The first-order valence-electron chi connectivity index (χ1n) is 12.3. The van der Waals surface area contributed by atoms with Crippen molar-refractivity contribution in [3.05, 3.63) is 78.5 Å². The number of aromatic hydroxyl groups is 1. The molecule has 0 radical (unpaired) electrons. The highest BCUT2D eigenvalue weighted by Gasteiger charge is 2.19. The number of rotatable bonds is 8. The lowest BCUT2D eigenvalue weighted by Gasteiger charge is -2.36. The van der Waals surface area contributed by atoms with Gasteiger partial charge in [-0.05, 0) is 48.9 Å². The van der Waals surface area contributed by atoms with Gasteiger partial charge >= 0.3 is 0 Å². The van der Waals surface area contributed by atoms with Gasteiger partial charge in [-0.3, -0.25) is 10.00 Å². The number of aromatic amines is 1. The minimum Gasteiger partial charge on any atom is -0.507 e. The van der Waals surface area contributed by atoms with Gasteiger partial charge in [-0.2, -0.15) is 5.10 Å². The maximum Gasteiger partial charge on any atom is 0.131 e. The molecule has 0 unspecified atom stereocenters. The molecule has 7 heteroatoms. The third-order valence-electron chi connectivity index (χ3n) is 6.85. The largest absolute Gasteiger partial charge is 0.507 e. The van der Waals surface area contributed by atoms with E-state index in [1.807, 2.05) is 43.3 Å². The predicted octanol–water partition coefficient (Wildman–Crippen LogP) is 4.97. The summed E-state index contributed by atoms with van der Waals surface area (Å²) in [7, 11) is 1.65. The van der Waals surface area contributed by atoms with Crippen molar-refractivity contribution in [2.75, 3.05) is 51.3 Å². The Balaban J connectivity index is 1.21. The molecule has 2 heterocycles. The van der Waals surface area contributed by atoms with E-state index >= 15 is 0 Å². The van der Waals surface area contributed by atoms with Crippen LogP contribution in [0.2, 0.25) is 0 Å². The molecule has 0 bridgehead atoms. The van der Waals surface area contributed by atoms with Gasteiger partial charge in [-0.15, -0.1) is 0 Å². The van der Waals surface area contributed by atoms with Crippen molar-refractivity contribution in [2.24, 2.45) is 0 Å². The summed E-state index contributed by atoms with van der Waals surface area (Å²) in [6.45, 7) is 7.36. The number of aromatic nitrogens is 2. The second-order valence-corrected chi connectivity index (χ2v) is 8.98. The molecule has 1 saturated heterocycles. The van der Waals surface area contributed by atoms with Gasteiger partial charge in [0.25, 0.3) is 0 Å². The molecule has 3 aromatic carbocycles. The number of methoxy groups -OCH3 is 1. The molecule has 2 N–H and O–H groups in total. The van der Waals surface area contributed by atoms with Gasteiger partial charge in [0.1, 0.15) is 23.9 Å². The first kappa shape index (κ1) is 23.8. The lowest BCUT2D eigenvalue weighted by atomic mass is 9.99. The summed E-state index contributed by atoms with van der Waals surface area (Å²) >= 11 is 0. The quantitative estimate of drug-likeness (QED) is 0.368. The highest BCUT2D eigenvalue weighted by Crippen LogP contribution is 2.40. The zero-order valence-electron chi connectivity index (χ0n) is 20.8. The maximum atomic E-state index is 11.0.